The van der Waals surface area contributed by atoms with Crippen LogP contribution in [0.15, 0.2) is 55.4 Å². The van der Waals surface area contributed by atoms with Crippen molar-refractivity contribution in [2.75, 3.05) is 0 Å². The monoisotopic (exact) mass is 338 g/mol. The van der Waals surface area contributed by atoms with Crippen LogP contribution >= 0.6 is 0 Å². The van der Waals surface area contributed by atoms with Crippen LogP contribution in [0.3, 0.4) is 0 Å². The molecule has 3 aromatic rings. The summed E-state index contributed by atoms with van der Waals surface area (Å²) in [7, 11) is 0. The summed E-state index contributed by atoms with van der Waals surface area (Å²) in [6.07, 6.45) is 8.75. The molecule has 0 saturated carbocycles. The Morgan fingerprint density at radius 1 is 1.24 bits per heavy atom. The molecule has 0 aliphatic rings. The van der Waals surface area contributed by atoms with Crippen LogP contribution in [-0.2, 0) is 6.54 Å². The Hall–Kier alpha value is -2.96. The molecular formula is C18H22N6O. The van der Waals surface area contributed by atoms with Crippen molar-refractivity contribution in [2.24, 2.45) is 5.41 Å². The fourth-order valence-corrected chi connectivity index (χ4v) is 2.52. The summed E-state index contributed by atoms with van der Waals surface area (Å²) in [6.45, 7) is 7.00. The summed E-state index contributed by atoms with van der Waals surface area (Å²) in [5.41, 5.74) is 1.30. The van der Waals surface area contributed by atoms with E-state index in [0.29, 0.717) is 12.1 Å². The van der Waals surface area contributed by atoms with Gasteiger partial charge in [-0.1, -0.05) is 32.1 Å². The molecule has 1 atom stereocenters. The maximum atomic E-state index is 12.8. The molecule has 0 bridgehead atoms. The van der Waals surface area contributed by atoms with Gasteiger partial charge in [-0.05, 0) is 23.6 Å². The van der Waals surface area contributed by atoms with Gasteiger partial charge in [0.1, 0.15) is 0 Å². The van der Waals surface area contributed by atoms with Crippen molar-refractivity contribution in [1.82, 2.24) is 29.9 Å². The molecule has 1 amide bonds. The van der Waals surface area contributed by atoms with E-state index in [2.05, 4.69) is 41.4 Å². The van der Waals surface area contributed by atoms with Crippen LogP contribution in [0.25, 0.3) is 5.69 Å². The molecule has 0 unspecified atom stereocenters. The zero-order chi connectivity index (χ0) is 17.9. The van der Waals surface area contributed by atoms with Crippen LogP contribution in [-0.4, -0.2) is 36.5 Å². The summed E-state index contributed by atoms with van der Waals surface area (Å²) < 4.78 is 3.60. The standard InChI is InChI=1S/C18H22N6O/c1-18(2,3)16(12-23-9-7-19-13-23)21-17(25)14-5-4-6-15(11-14)24-10-8-20-22-24/h4-11,13,16H,12H2,1-3H3,(H,21,25)/t16-/m1/s1. The van der Waals surface area contributed by atoms with E-state index in [0.717, 1.165) is 5.69 Å². The maximum Gasteiger partial charge on any atom is 0.251 e. The molecule has 0 saturated heterocycles. The van der Waals surface area contributed by atoms with Gasteiger partial charge in [-0.15, -0.1) is 5.10 Å². The van der Waals surface area contributed by atoms with E-state index in [1.54, 1.807) is 41.7 Å². The van der Waals surface area contributed by atoms with Crippen LogP contribution < -0.4 is 5.32 Å². The molecule has 25 heavy (non-hydrogen) atoms. The highest BCUT2D eigenvalue weighted by molar-refractivity contribution is 5.95. The second-order valence-corrected chi connectivity index (χ2v) is 7.05. The number of aromatic nitrogens is 5. The zero-order valence-electron chi connectivity index (χ0n) is 14.6. The minimum absolute atomic E-state index is 0.0378. The second kappa shape index (κ2) is 6.88. The minimum atomic E-state index is -0.109. The van der Waals surface area contributed by atoms with E-state index in [1.807, 2.05) is 22.9 Å². The van der Waals surface area contributed by atoms with Gasteiger partial charge in [0.15, 0.2) is 0 Å². The summed E-state index contributed by atoms with van der Waals surface area (Å²) in [4.78, 5) is 16.8. The van der Waals surface area contributed by atoms with Crippen LogP contribution in [0.5, 0.6) is 0 Å². The number of nitrogens with zero attached hydrogens (tertiary/aromatic N) is 5. The van der Waals surface area contributed by atoms with Crippen molar-refractivity contribution < 1.29 is 4.79 Å². The fourth-order valence-electron chi connectivity index (χ4n) is 2.52. The summed E-state index contributed by atoms with van der Waals surface area (Å²) in [5.74, 6) is -0.109. The molecule has 0 aliphatic carbocycles. The van der Waals surface area contributed by atoms with Crippen molar-refractivity contribution >= 4 is 5.91 Å². The third-order valence-electron chi connectivity index (χ3n) is 4.10. The molecule has 0 spiro atoms. The number of carbonyl (C=O) groups excluding carboxylic acids is 1. The van der Waals surface area contributed by atoms with Gasteiger partial charge in [-0.25, -0.2) is 9.67 Å². The van der Waals surface area contributed by atoms with Gasteiger partial charge in [-0.2, -0.15) is 0 Å². The summed E-state index contributed by atoms with van der Waals surface area (Å²) in [6, 6.07) is 7.30. The van der Waals surface area contributed by atoms with Gasteiger partial charge in [0, 0.05) is 24.5 Å². The van der Waals surface area contributed by atoms with Crippen molar-refractivity contribution in [3.63, 3.8) is 0 Å². The fraction of sp³-hybridized carbons (Fsp3) is 0.333. The summed E-state index contributed by atoms with van der Waals surface area (Å²) >= 11 is 0. The van der Waals surface area contributed by atoms with Crippen molar-refractivity contribution in [3.05, 3.63) is 60.9 Å². The van der Waals surface area contributed by atoms with Crippen molar-refractivity contribution in [1.29, 1.82) is 0 Å². The molecule has 7 heteroatoms. The molecule has 2 heterocycles. The Kier molecular flexibility index (Phi) is 4.65. The first-order chi connectivity index (χ1) is 11.9. The van der Waals surface area contributed by atoms with Gasteiger partial charge < -0.3 is 9.88 Å². The molecule has 3 rings (SSSR count). The summed E-state index contributed by atoms with van der Waals surface area (Å²) in [5, 5.41) is 10.9. The molecule has 1 N–H and O–H groups in total. The molecule has 0 aliphatic heterocycles. The average Bonchev–Trinajstić information content (AvgIpc) is 3.27. The largest absolute Gasteiger partial charge is 0.347 e. The lowest BCUT2D eigenvalue weighted by molar-refractivity contribution is 0.0892. The quantitative estimate of drug-likeness (QED) is 0.774. The molecule has 0 fully saturated rings. The van der Waals surface area contributed by atoms with Crippen LogP contribution in [0, 0.1) is 5.41 Å². The SMILES string of the molecule is CC(C)(C)[C@@H](Cn1ccnc1)NC(=O)c1cccc(-n2ccnn2)c1. The molecule has 0 radical (unpaired) electrons. The van der Waals surface area contributed by atoms with Gasteiger partial charge in [0.05, 0.1) is 30.5 Å². The first kappa shape index (κ1) is 16.9. The predicted molar refractivity (Wildman–Crippen MR) is 94.3 cm³/mol. The van der Waals surface area contributed by atoms with E-state index >= 15 is 0 Å². The predicted octanol–water partition coefficient (Wildman–Crippen LogP) is 2.31. The number of imidazole rings is 1. The highest BCUT2D eigenvalue weighted by atomic mass is 16.1. The normalized spacial score (nSPS) is 12.8. The molecule has 130 valence electrons. The first-order valence-electron chi connectivity index (χ1n) is 8.17. The Labute approximate surface area is 146 Å². The maximum absolute atomic E-state index is 12.8. The number of amides is 1. The number of nitrogens with one attached hydrogen (secondary N) is 1. The smallest absolute Gasteiger partial charge is 0.251 e. The van der Waals surface area contributed by atoms with Crippen LogP contribution in [0.1, 0.15) is 31.1 Å². The van der Waals surface area contributed by atoms with Gasteiger partial charge in [-0.3, -0.25) is 4.79 Å². The van der Waals surface area contributed by atoms with E-state index in [9.17, 15) is 4.79 Å². The van der Waals surface area contributed by atoms with E-state index in [-0.39, 0.29) is 17.4 Å². The highest BCUT2D eigenvalue weighted by Gasteiger charge is 2.27. The molecule has 1 aromatic carbocycles. The number of benzene rings is 1. The van der Waals surface area contributed by atoms with E-state index < -0.39 is 0 Å². The third kappa shape index (κ3) is 4.12. The molecule has 7 nitrogen and oxygen atoms in total. The Morgan fingerprint density at radius 2 is 2.08 bits per heavy atom. The highest BCUT2D eigenvalue weighted by Crippen LogP contribution is 2.21. The first-order valence-corrected chi connectivity index (χ1v) is 8.17. The minimum Gasteiger partial charge on any atom is -0.347 e. The number of rotatable bonds is 5. The van der Waals surface area contributed by atoms with Gasteiger partial charge >= 0.3 is 0 Å². The lowest BCUT2D eigenvalue weighted by Crippen LogP contribution is -2.46. The van der Waals surface area contributed by atoms with Gasteiger partial charge in [0.2, 0.25) is 0 Å². The molecule has 2 aromatic heterocycles. The topological polar surface area (TPSA) is 77.6 Å². The second-order valence-electron chi connectivity index (χ2n) is 7.05. The number of hydrogen-bond donors (Lipinski definition) is 1. The van der Waals surface area contributed by atoms with Crippen molar-refractivity contribution in [2.45, 2.75) is 33.4 Å². The Bertz CT molecular complexity index is 818. The van der Waals surface area contributed by atoms with E-state index in [1.165, 1.54) is 0 Å². The molecular weight excluding hydrogens is 316 g/mol. The number of carbonyl (C=O) groups is 1. The lowest BCUT2D eigenvalue weighted by atomic mass is 9.86. The Morgan fingerprint density at radius 3 is 2.72 bits per heavy atom. The average molecular weight is 338 g/mol. The van der Waals surface area contributed by atoms with Crippen molar-refractivity contribution in [3.8, 4) is 5.69 Å². The van der Waals surface area contributed by atoms with E-state index in [4.69, 9.17) is 0 Å². The number of hydrogen-bond acceptors (Lipinski definition) is 4. The Balaban J connectivity index is 1.78. The van der Waals surface area contributed by atoms with Crippen LogP contribution in [0.2, 0.25) is 0 Å². The van der Waals surface area contributed by atoms with Gasteiger partial charge in [0.25, 0.3) is 5.91 Å². The third-order valence-corrected chi connectivity index (χ3v) is 4.10. The van der Waals surface area contributed by atoms with Crippen LogP contribution in [0.4, 0.5) is 0 Å². The lowest BCUT2D eigenvalue weighted by Gasteiger charge is -2.31. The zero-order valence-corrected chi connectivity index (χ0v) is 14.6.